The summed E-state index contributed by atoms with van der Waals surface area (Å²) < 4.78 is 0. The maximum absolute atomic E-state index is 11.9. The maximum atomic E-state index is 11.9. The largest absolute Gasteiger partial charge is 0.369 e. The van der Waals surface area contributed by atoms with Crippen LogP contribution in [0.15, 0.2) is 16.9 Å². The average Bonchev–Trinajstić information content (AvgIpc) is 2.52. The van der Waals surface area contributed by atoms with E-state index in [2.05, 4.69) is 9.88 Å². The zero-order chi connectivity index (χ0) is 18.2. The standard InChI is InChI=1S/C17H23ClN4O3/c1-11-6-13(7-14(23)20-11)17(8-12(9-17)16(19)25)22-4-2-21(3-5-22)15(24)10-18/h6-7,12H,2-5,8-10H2,1H3,(H2,19,25)(H,20,23). The van der Waals surface area contributed by atoms with E-state index in [1.165, 1.54) is 0 Å². The van der Waals surface area contributed by atoms with Gasteiger partial charge >= 0.3 is 0 Å². The highest BCUT2D eigenvalue weighted by Crippen LogP contribution is 2.50. The number of nitrogens with zero attached hydrogens (tertiary/aromatic N) is 2. The molecule has 2 aliphatic rings. The summed E-state index contributed by atoms with van der Waals surface area (Å²) in [5, 5.41) is 0. The lowest BCUT2D eigenvalue weighted by Crippen LogP contribution is -2.62. The molecule has 1 aromatic rings. The Kier molecular flexibility index (Phi) is 4.88. The van der Waals surface area contributed by atoms with Crippen LogP contribution < -0.4 is 11.3 Å². The SMILES string of the molecule is Cc1cc(C2(N3CCN(C(=O)CCl)CC3)CC(C(N)=O)C2)cc(=O)[nH]1. The van der Waals surface area contributed by atoms with E-state index in [1.807, 2.05) is 13.0 Å². The number of pyridine rings is 1. The van der Waals surface area contributed by atoms with Crippen molar-refractivity contribution < 1.29 is 9.59 Å². The minimum atomic E-state index is -0.366. The molecule has 0 radical (unpaired) electrons. The Balaban J connectivity index is 1.85. The van der Waals surface area contributed by atoms with Crippen LogP contribution in [0.5, 0.6) is 0 Å². The van der Waals surface area contributed by atoms with Gasteiger partial charge in [-0.2, -0.15) is 0 Å². The van der Waals surface area contributed by atoms with Crippen molar-refractivity contribution in [3.63, 3.8) is 0 Å². The van der Waals surface area contributed by atoms with Crippen LogP contribution in [0, 0.1) is 12.8 Å². The summed E-state index contributed by atoms with van der Waals surface area (Å²) in [4.78, 5) is 42.1. The lowest BCUT2D eigenvalue weighted by atomic mass is 9.63. The van der Waals surface area contributed by atoms with E-state index in [4.69, 9.17) is 17.3 Å². The minimum Gasteiger partial charge on any atom is -0.369 e. The van der Waals surface area contributed by atoms with Gasteiger partial charge in [0.05, 0.1) is 0 Å². The Hall–Kier alpha value is -1.86. The van der Waals surface area contributed by atoms with Gasteiger partial charge < -0.3 is 15.6 Å². The summed E-state index contributed by atoms with van der Waals surface area (Å²) >= 11 is 5.64. The summed E-state index contributed by atoms with van der Waals surface area (Å²) in [7, 11) is 0. The van der Waals surface area contributed by atoms with E-state index in [9.17, 15) is 14.4 Å². The number of carbonyl (C=O) groups excluding carboxylic acids is 2. The van der Waals surface area contributed by atoms with Crippen molar-refractivity contribution in [3.05, 3.63) is 33.7 Å². The lowest BCUT2D eigenvalue weighted by Gasteiger charge is -2.56. The molecule has 2 amide bonds. The molecule has 0 spiro atoms. The van der Waals surface area contributed by atoms with Crippen molar-refractivity contribution in [3.8, 4) is 0 Å². The summed E-state index contributed by atoms with van der Waals surface area (Å²) in [6.07, 6.45) is 1.21. The predicted molar refractivity (Wildman–Crippen MR) is 94.3 cm³/mol. The second kappa shape index (κ2) is 6.80. The molecule has 0 atom stereocenters. The van der Waals surface area contributed by atoms with Gasteiger partial charge in [-0.3, -0.25) is 19.3 Å². The minimum absolute atomic E-state index is 0.0118. The highest BCUT2D eigenvalue weighted by Gasteiger charge is 2.52. The number of nitrogens with one attached hydrogen (secondary N) is 1. The Morgan fingerprint density at radius 2 is 1.92 bits per heavy atom. The van der Waals surface area contributed by atoms with Crippen molar-refractivity contribution >= 4 is 23.4 Å². The lowest BCUT2D eigenvalue weighted by molar-refractivity contribution is -0.138. The third kappa shape index (κ3) is 3.30. The van der Waals surface area contributed by atoms with Crippen LogP contribution >= 0.6 is 11.6 Å². The fourth-order valence-corrected chi connectivity index (χ4v) is 4.22. The first-order valence-corrected chi connectivity index (χ1v) is 8.99. The van der Waals surface area contributed by atoms with E-state index in [0.29, 0.717) is 39.0 Å². The molecule has 0 unspecified atom stereocenters. The topological polar surface area (TPSA) is 99.5 Å². The molecule has 8 heteroatoms. The van der Waals surface area contributed by atoms with E-state index >= 15 is 0 Å². The number of hydrogen-bond donors (Lipinski definition) is 2. The zero-order valence-electron chi connectivity index (χ0n) is 14.3. The number of aryl methyl sites for hydroxylation is 1. The number of carbonyl (C=O) groups is 2. The Morgan fingerprint density at radius 3 is 2.44 bits per heavy atom. The number of primary amides is 1. The van der Waals surface area contributed by atoms with Gasteiger partial charge in [0.15, 0.2) is 0 Å². The number of nitrogens with two attached hydrogens (primary N) is 1. The average molecular weight is 367 g/mol. The normalized spacial score (nSPS) is 27.0. The number of aromatic amines is 1. The van der Waals surface area contributed by atoms with Crippen LogP contribution in [0.25, 0.3) is 0 Å². The summed E-state index contributed by atoms with van der Waals surface area (Å²) in [6.45, 7) is 4.40. The fourth-order valence-electron chi connectivity index (χ4n) is 4.05. The van der Waals surface area contributed by atoms with Crippen LogP contribution in [0.4, 0.5) is 0 Å². The molecule has 0 bridgehead atoms. The number of H-pyrrole nitrogens is 1. The van der Waals surface area contributed by atoms with E-state index < -0.39 is 0 Å². The Bertz CT molecular complexity index is 734. The van der Waals surface area contributed by atoms with Crippen LogP contribution in [-0.4, -0.2) is 58.7 Å². The van der Waals surface area contributed by atoms with Crippen molar-refractivity contribution in [2.45, 2.75) is 25.3 Å². The summed E-state index contributed by atoms with van der Waals surface area (Å²) in [5.41, 5.74) is 6.67. The van der Waals surface area contributed by atoms with Gasteiger partial charge in [-0.05, 0) is 31.4 Å². The highest BCUT2D eigenvalue weighted by atomic mass is 35.5. The monoisotopic (exact) mass is 366 g/mol. The number of alkyl halides is 1. The van der Waals surface area contributed by atoms with Gasteiger partial charge in [0.2, 0.25) is 17.4 Å². The maximum Gasteiger partial charge on any atom is 0.248 e. The smallest absolute Gasteiger partial charge is 0.248 e. The van der Waals surface area contributed by atoms with Gasteiger partial charge in [0, 0.05) is 49.4 Å². The molecule has 25 heavy (non-hydrogen) atoms. The van der Waals surface area contributed by atoms with Crippen LogP contribution in [-0.2, 0) is 15.1 Å². The fraction of sp³-hybridized carbons (Fsp3) is 0.588. The molecule has 1 aliphatic heterocycles. The molecular weight excluding hydrogens is 344 g/mol. The van der Waals surface area contributed by atoms with Gasteiger partial charge in [-0.25, -0.2) is 0 Å². The Labute approximate surface area is 151 Å². The van der Waals surface area contributed by atoms with Crippen LogP contribution in [0.1, 0.15) is 24.1 Å². The van der Waals surface area contributed by atoms with Crippen molar-refractivity contribution in [2.75, 3.05) is 32.1 Å². The molecule has 3 N–H and O–H groups in total. The highest BCUT2D eigenvalue weighted by molar-refractivity contribution is 6.27. The van der Waals surface area contributed by atoms with Crippen LogP contribution in [0.3, 0.4) is 0 Å². The van der Waals surface area contributed by atoms with Crippen molar-refractivity contribution in [1.29, 1.82) is 0 Å². The zero-order valence-corrected chi connectivity index (χ0v) is 15.0. The number of aromatic nitrogens is 1. The quantitative estimate of drug-likeness (QED) is 0.741. The molecule has 136 valence electrons. The molecule has 3 rings (SSSR count). The molecule has 1 aromatic heterocycles. The first-order valence-electron chi connectivity index (χ1n) is 8.45. The Morgan fingerprint density at radius 1 is 1.28 bits per heavy atom. The third-order valence-corrected chi connectivity index (χ3v) is 5.67. The molecule has 1 saturated carbocycles. The number of piperazine rings is 1. The first kappa shape index (κ1) is 17.9. The molecule has 0 aromatic carbocycles. The number of hydrogen-bond acceptors (Lipinski definition) is 4. The first-order chi connectivity index (χ1) is 11.9. The van der Waals surface area contributed by atoms with Crippen LogP contribution in [0.2, 0.25) is 0 Å². The molecular formula is C17H23ClN4O3. The summed E-state index contributed by atoms with van der Waals surface area (Å²) in [5.74, 6) is -0.552. The molecule has 2 fully saturated rings. The van der Waals surface area contributed by atoms with Crippen molar-refractivity contribution in [2.24, 2.45) is 11.7 Å². The van der Waals surface area contributed by atoms with Gasteiger partial charge in [-0.15, -0.1) is 11.6 Å². The summed E-state index contributed by atoms with van der Waals surface area (Å²) in [6, 6.07) is 3.58. The van der Waals surface area contributed by atoms with E-state index in [-0.39, 0.29) is 34.7 Å². The second-order valence-corrected chi connectivity index (χ2v) is 7.22. The molecule has 7 nitrogen and oxygen atoms in total. The van der Waals surface area contributed by atoms with Gasteiger partial charge in [-0.1, -0.05) is 0 Å². The molecule has 2 heterocycles. The number of halogens is 1. The third-order valence-electron chi connectivity index (χ3n) is 5.44. The molecule has 1 saturated heterocycles. The van der Waals surface area contributed by atoms with E-state index in [1.54, 1.807) is 11.0 Å². The van der Waals surface area contributed by atoms with Crippen molar-refractivity contribution in [1.82, 2.24) is 14.8 Å². The second-order valence-electron chi connectivity index (χ2n) is 6.96. The molecule has 1 aliphatic carbocycles. The number of amides is 2. The number of rotatable bonds is 4. The van der Waals surface area contributed by atoms with E-state index in [0.717, 1.165) is 11.3 Å². The predicted octanol–water partition coefficient (Wildman–Crippen LogP) is 0.157. The van der Waals surface area contributed by atoms with Gasteiger partial charge in [0.25, 0.3) is 0 Å². The van der Waals surface area contributed by atoms with Gasteiger partial charge in [0.1, 0.15) is 5.88 Å².